The Kier molecular flexibility index (Phi) is 4.86. The molecule has 2 aromatic carbocycles. The Bertz CT molecular complexity index is 731. The first-order valence-electron chi connectivity index (χ1n) is 7.90. The summed E-state index contributed by atoms with van der Waals surface area (Å²) in [6, 6.07) is 17.0. The molecule has 1 atom stereocenters. The molecule has 0 N–H and O–H groups in total. The van der Waals surface area contributed by atoms with Crippen LogP contribution in [0.25, 0.3) is 0 Å². The average Bonchev–Trinajstić information content (AvgIpc) is 2.57. The lowest BCUT2D eigenvalue weighted by Gasteiger charge is -2.40. The zero-order valence-electron chi connectivity index (χ0n) is 13.5. The molecule has 0 bridgehead atoms. The number of halogens is 1. The summed E-state index contributed by atoms with van der Waals surface area (Å²) in [5.74, 6) is -0.108. The lowest BCUT2D eigenvalue weighted by atomic mass is 9.95. The number of carbonyl (C=O) groups is 2. The first-order valence-corrected chi connectivity index (χ1v) is 8.28. The van der Waals surface area contributed by atoms with E-state index in [0.29, 0.717) is 24.4 Å². The highest BCUT2D eigenvalue weighted by atomic mass is 35.5. The summed E-state index contributed by atoms with van der Waals surface area (Å²) in [6.45, 7) is 0.442. The molecular weight excluding hydrogens is 324 g/mol. The van der Waals surface area contributed by atoms with E-state index in [4.69, 9.17) is 11.6 Å². The second-order valence-corrected chi connectivity index (χ2v) is 6.51. The number of benzene rings is 2. The number of nitrogens with zero attached hydrogens (tertiary/aromatic N) is 2. The number of hydrogen-bond donors (Lipinski definition) is 0. The summed E-state index contributed by atoms with van der Waals surface area (Å²) >= 11 is 5.87. The lowest BCUT2D eigenvalue weighted by Crippen LogP contribution is -2.59. The van der Waals surface area contributed by atoms with Crippen LogP contribution in [0.2, 0.25) is 5.02 Å². The summed E-state index contributed by atoms with van der Waals surface area (Å²) in [6.07, 6.45) is 1.13. The first-order chi connectivity index (χ1) is 11.5. The molecule has 5 heteroatoms. The zero-order chi connectivity index (χ0) is 17.1. The first kappa shape index (κ1) is 16.5. The minimum Gasteiger partial charge on any atom is -0.323 e. The van der Waals surface area contributed by atoms with Crippen molar-refractivity contribution in [3.8, 4) is 0 Å². The van der Waals surface area contributed by atoms with Crippen molar-refractivity contribution in [2.24, 2.45) is 0 Å². The van der Waals surface area contributed by atoms with Crippen LogP contribution in [-0.4, -0.2) is 34.8 Å². The van der Waals surface area contributed by atoms with E-state index in [2.05, 4.69) is 0 Å². The van der Waals surface area contributed by atoms with E-state index in [1.165, 1.54) is 4.90 Å². The number of rotatable bonds is 4. The molecule has 0 aromatic heterocycles. The van der Waals surface area contributed by atoms with Gasteiger partial charge < -0.3 is 4.90 Å². The van der Waals surface area contributed by atoms with Gasteiger partial charge in [0.2, 0.25) is 5.91 Å². The van der Waals surface area contributed by atoms with Gasteiger partial charge in [-0.1, -0.05) is 54.1 Å². The highest BCUT2D eigenvalue weighted by Crippen LogP contribution is 2.25. The van der Waals surface area contributed by atoms with Crippen LogP contribution in [0.5, 0.6) is 0 Å². The SMILES string of the molecule is CN(Cc1ccc(Cl)cc1)C(=O)N1C(=O)C[C@@H]1Cc1ccccc1. The highest BCUT2D eigenvalue weighted by Gasteiger charge is 2.41. The Morgan fingerprint density at radius 1 is 1.12 bits per heavy atom. The van der Waals surface area contributed by atoms with Crippen LogP contribution in [0.4, 0.5) is 4.79 Å². The molecule has 1 saturated heterocycles. The van der Waals surface area contributed by atoms with Crippen molar-refractivity contribution in [3.05, 3.63) is 70.7 Å². The minimum absolute atomic E-state index is 0.0555. The van der Waals surface area contributed by atoms with Crippen molar-refractivity contribution in [3.63, 3.8) is 0 Å². The third-order valence-corrected chi connectivity index (χ3v) is 4.48. The molecule has 1 fully saturated rings. The van der Waals surface area contributed by atoms with Crippen molar-refractivity contribution in [1.82, 2.24) is 9.80 Å². The Morgan fingerprint density at radius 2 is 1.79 bits per heavy atom. The predicted molar refractivity (Wildman–Crippen MR) is 93.7 cm³/mol. The third kappa shape index (κ3) is 3.60. The highest BCUT2D eigenvalue weighted by molar-refractivity contribution is 6.30. The number of urea groups is 1. The molecule has 0 saturated carbocycles. The summed E-state index contributed by atoms with van der Waals surface area (Å²) < 4.78 is 0. The van der Waals surface area contributed by atoms with Gasteiger partial charge >= 0.3 is 6.03 Å². The summed E-state index contributed by atoms with van der Waals surface area (Å²) in [5.41, 5.74) is 2.11. The van der Waals surface area contributed by atoms with Crippen LogP contribution < -0.4 is 0 Å². The van der Waals surface area contributed by atoms with Crippen molar-refractivity contribution in [2.75, 3.05) is 7.05 Å². The Labute approximate surface area is 146 Å². The van der Waals surface area contributed by atoms with E-state index < -0.39 is 0 Å². The number of likely N-dealkylation sites (tertiary alicyclic amines) is 1. The van der Waals surface area contributed by atoms with E-state index in [9.17, 15) is 9.59 Å². The molecule has 1 heterocycles. The predicted octanol–water partition coefficient (Wildman–Crippen LogP) is 3.74. The lowest BCUT2D eigenvalue weighted by molar-refractivity contribution is -0.141. The Balaban J connectivity index is 1.64. The zero-order valence-corrected chi connectivity index (χ0v) is 14.2. The van der Waals surface area contributed by atoms with Crippen LogP contribution in [0.1, 0.15) is 17.5 Å². The number of amides is 3. The largest absolute Gasteiger partial charge is 0.327 e. The molecule has 2 aromatic rings. The third-order valence-electron chi connectivity index (χ3n) is 4.22. The molecule has 1 aliphatic heterocycles. The van der Waals surface area contributed by atoms with E-state index in [1.54, 1.807) is 24.1 Å². The van der Waals surface area contributed by atoms with Gasteiger partial charge in [0.25, 0.3) is 0 Å². The molecular formula is C19H19ClN2O2. The molecule has 124 valence electrons. The van der Waals surface area contributed by atoms with Crippen LogP contribution in [0, 0.1) is 0 Å². The van der Waals surface area contributed by atoms with Gasteiger partial charge in [0.15, 0.2) is 0 Å². The quantitative estimate of drug-likeness (QED) is 0.794. The van der Waals surface area contributed by atoms with Crippen molar-refractivity contribution < 1.29 is 9.59 Å². The maximum Gasteiger partial charge on any atom is 0.327 e. The molecule has 1 aliphatic rings. The molecule has 24 heavy (non-hydrogen) atoms. The Morgan fingerprint density at radius 3 is 2.42 bits per heavy atom. The maximum atomic E-state index is 12.6. The molecule has 0 radical (unpaired) electrons. The number of hydrogen-bond acceptors (Lipinski definition) is 2. The fraction of sp³-hybridized carbons (Fsp3) is 0.263. The van der Waals surface area contributed by atoms with Crippen molar-refractivity contribution >= 4 is 23.5 Å². The molecule has 0 spiro atoms. The van der Waals surface area contributed by atoms with E-state index in [-0.39, 0.29) is 18.0 Å². The fourth-order valence-electron chi connectivity index (χ4n) is 2.91. The molecule has 3 amide bonds. The molecule has 4 nitrogen and oxygen atoms in total. The van der Waals surface area contributed by atoms with Gasteiger partial charge in [0.05, 0.1) is 6.04 Å². The van der Waals surface area contributed by atoms with Gasteiger partial charge in [0, 0.05) is 25.0 Å². The number of β-lactam (4-membered cyclic amide) rings is 1. The summed E-state index contributed by atoms with van der Waals surface area (Å²) in [5, 5.41) is 0.661. The van der Waals surface area contributed by atoms with Gasteiger partial charge in [-0.05, 0) is 29.7 Å². The molecule has 0 aliphatic carbocycles. The topological polar surface area (TPSA) is 40.6 Å². The molecule has 0 unspecified atom stereocenters. The summed E-state index contributed by atoms with van der Waals surface area (Å²) in [7, 11) is 1.71. The number of carbonyl (C=O) groups excluding carboxylic acids is 2. The van der Waals surface area contributed by atoms with Gasteiger partial charge in [-0.25, -0.2) is 4.79 Å². The van der Waals surface area contributed by atoms with Crippen LogP contribution in [-0.2, 0) is 17.8 Å². The van der Waals surface area contributed by atoms with Gasteiger partial charge in [-0.3, -0.25) is 9.69 Å². The average molecular weight is 343 g/mol. The minimum atomic E-state index is -0.248. The van der Waals surface area contributed by atoms with Crippen LogP contribution >= 0.6 is 11.6 Å². The van der Waals surface area contributed by atoms with Gasteiger partial charge in [0.1, 0.15) is 0 Å². The monoisotopic (exact) mass is 342 g/mol. The second-order valence-electron chi connectivity index (χ2n) is 6.08. The molecule has 3 rings (SSSR count). The van der Waals surface area contributed by atoms with E-state index in [0.717, 1.165) is 11.1 Å². The second kappa shape index (κ2) is 7.05. The fourth-order valence-corrected chi connectivity index (χ4v) is 3.04. The van der Waals surface area contributed by atoms with Gasteiger partial charge in [-0.2, -0.15) is 0 Å². The van der Waals surface area contributed by atoms with Crippen LogP contribution in [0.3, 0.4) is 0 Å². The van der Waals surface area contributed by atoms with Crippen molar-refractivity contribution in [1.29, 1.82) is 0 Å². The van der Waals surface area contributed by atoms with Crippen LogP contribution in [0.15, 0.2) is 54.6 Å². The summed E-state index contributed by atoms with van der Waals surface area (Å²) in [4.78, 5) is 27.5. The van der Waals surface area contributed by atoms with Crippen molar-refractivity contribution in [2.45, 2.75) is 25.4 Å². The van der Waals surface area contributed by atoms with E-state index >= 15 is 0 Å². The smallest absolute Gasteiger partial charge is 0.323 e. The standard InChI is InChI=1S/C19H19ClN2O2/c1-21(13-15-7-9-16(20)10-8-15)19(24)22-17(12-18(22)23)11-14-5-3-2-4-6-14/h2-10,17H,11-13H2,1H3/t17-/m0/s1. The normalized spacial score (nSPS) is 16.7. The Hall–Kier alpha value is -2.33. The van der Waals surface area contributed by atoms with E-state index in [1.807, 2.05) is 42.5 Å². The van der Waals surface area contributed by atoms with Gasteiger partial charge in [-0.15, -0.1) is 0 Å². The number of imide groups is 1. The maximum absolute atomic E-state index is 12.6.